The summed E-state index contributed by atoms with van der Waals surface area (Å²) in [6.45, 7) is 2.73. The highest BCUT2D eigenvalue weighted by atomic mass is 35.5. The van der Waals surface area contributed by atoms with Crippen molar-refractivity contribution in [2.24, 2.45) is 0 Å². The number of halogens is 1. The van der Waals surface area contributed by atoms with Gasteiger partial charge in [-0.2, -0.15) is 10.1 Å². The summed E-state index contributed by atoms with van der Waals surface area (Å²) in [6, 6.07) is 5.49. The summed E-state index contributed by atoms with van der Waals surface area (Å²) in [6.07, 6.45) is 2.67. The number of hydrogen-bond donors (Lipinski definition) is 2. The summed E-state index contributed by atoms with van der Waals surface area (Å²) in [5.41, 5.74) is 1.69. The van der Waals surface area contributed by atoms with Crippen LogP contribution >= 0.6 is 22.9 Å². The minimum atomic E-state index is 0.0140. The topological polar surface area (TPSA) is 109 Å². The monoisotopic (exact) mass is 414 g/mol. The van der Waals surface area contributed by atoms with E-state index in [9.17, 15) is 0 Å². The minimum absolute atomic E-state index is 0.0140. The van der Waals surface area contributed by atoms with Gasteiger partial charge in [0.25, 0.3) is 0 Å². The molecule has 0 saturated carbocycles. The van der Waals surface area contributed by atoms with Crippen LogP contribution in [0.5, 0.6) is 0 Å². The number of hydrogen-bond acceptors (Lipinski definition) is 9. The third kappa shape index (κ3) is 3.20. The van der Waals surface area contributed by atoms with Gasteiger partial charge in [-0.05, 0) is 13.3 Å². The molecule has 11 heteroatoms. The normalized spacial score (nSPS) is 16.2. The molecule has 2 N–H and O–H groups in total. The number of thiazole rings is 1. The predicted molar refractivity (Wildman–Crippen MR) is 106 cm³/mol. The van der Waals surface area contributed by atoms with E-state index in [1.54, 1.807) is 12.3 Å². The Morgan fingerprint density at radius 3 is 2.93 bits per heavy atom. The zero-order chi connectivity index (χ0) is 19.1. The zero-order valence-electron chi connectivity index (χ0n) is 14.8. The summed E-state index contributed by atoms with van der Waals surface area (Å²) in [7, 11) is 0. The van der Waals surface area contributed by atoms with Crippen molar-refractivity contribution in [3.8, 4) is 10.7 Å². The molecule has 0 aromatic carbocycles. The molecule has 0 spiro atoms. The van der Waals surface area contributed by atoms with E-state index in [0.717, 1.165) is 35.1 Å². The molecule has 4 aromatic heterocycles. The maximum absolute atomic E-state index is 6.22. The van der Waals surface area contributed by atoms with Crippen LogP contribution in [-0.2, 0) is 0 Å². The number of nitrogens with zero attached hydrogens (tertiary/aromatic N) is 6. The average molecular weight is 415 g/mol. The standard InChI is InChI=1S/C17H15ClN8OS/c1-9-6-15(24-23-9)21-14-8-13(18)20-17(22-14)26-4-2-11(26)12-7-10(25-27-12)16-19-3-5-28-16/h3,5-8,11H,2,4H2,1H3,(H2,20,21,22,23,24). The van der Waals surface area contributed by atoms with Gasteiger partial charge in [0.2, 0.25) is 5.95 Å². The van der Waals surface area contributed by atoms with Crippen LogP contribution in [0.15, 0.2) is 34.3 Å². The minimum Gasteiger partial charge on any atom is -0.358 e. The molecular formula is C17H15ClN8OS. The van der Waals surface area contributed by atoms with E-state index in [4.69, 9.17) is 16.1 Å². The molecule has 1 fully saturated rings. The fraction of sp³-hybridized carbons (Fsp3) is 0.235. The van der Waals surface area contributed by atoms with Crippen LogP contribution < -0.4 is 10.2 Å². The quantitative estimate of drug-likeness (QED) is 0.472. The van der Waals surface area contributed by atoms with Crippen LogP contribution in [0.3, 0.4) is 0 Å². The Labute approximate surface area is 168 Å². The molecule has 28 heavy (non-hydrogen) atoms. The predicted octanol–water partition coefficient (Wildman–Crippen LogP) is 3.97. The Hall–Kier alpha value is -2.98. The number of rotatable bonds is 5. The fourth-order valence-corrected chi connectivity index (χ4v) is 3.80. The maximum atomic E-state index is 6.22. The molecule has 0 radical (unpaired) electrons. The number of aryl methyl sites for hydroxylation is 1. The highest BCUT2D eigenvalue weighted by Gasteiger charge is 2.35. The molecule has 142 valence electrons. The second-order valence-electron chi connectivity index (χ2n) is 6.39. The SMILES string of the molecule is Cc1cc(Nc2cc(Cl)nc(N3CCC3c3cc(-c4nccs4)no3)n2)n[nH]1. The van der Waals surface area contributed by atoms with Crippen LogP contribution in [-0.4, -0.2) is 36.9 Å². The van der Waals surface area contributed by atoms with Gasteiger partial charge in [-0.25, -0.2) is 9.97 Å². The molecule has 0 aliphatic carbocycles. The van der Waals surface area contributed by atoms with E-state index in [-0.39, 0.29) is 6.04 Å². The average Bonchev–Trinajstić information content (AvgIpc) is 3.35. The van der Waals surface area contributed by atoms with Gasteiger partial charge in [0.15, 0.2) is 11.6 Å². The molecule has 0 amide bonds. The molecule has 5 rings (SSSR count). The molecule has 1 atom stereocenters. The molecular weight excluding hydrogens is 400 g/mol. The van der Waals surface area contributed by atoms with Crippen molar-refractivity contribution in [3.63, 3.8) is 0 Å². The lowest BCUT2D eigenvalue weighted by atomic mass is 10.0. The van der Waals surface area contributed by atoms with Gasteiger partial charge in [0.1, 0.15) is 21.7 Å². The highest BCUT2D eigenvalue weighted by molar-refractivity contribution is 7.13. The first-order chi connectivity index (χ1) is 13.7. The largest absolute Gasteiger partial charge is 0.358 e. The van der Waals surface area contributed by atoms with Gasteiger partial charge in [-0.15, -0.1) is 11.3 Å². The van der Waals surface area contributed by atoms with Crippen LogP contribution in [0.4, 0.5) is 17.6 Å². The summed E-state index contributed by atoms with van der Waals surface area (Å²) in [4.78, 5) is 15.3. The van der Waals surface area contributed by atoms with Crippen molar-refractivity contribution in [2.75, 3.05) is 16.8 Å². The zero-order valence-corrected chi connectivity index (χ0v) is 16.3. The van der Waals surface area contributed by atoms with Crippen LogP contribution in [0.2, 0.25) is 5.15 Å². The first-order valence-corrected chi connectivity index (χ1v) is 9.88. The Kier molecular flexibility index (Phi) is 4.21. The highest BCUT2D eigenvalue weighted by Crippen LogP contribution is 2.38. The second-order valence-corrected chi connectivity index (χ2v) is 7.67. The first kappa shape index (κ1) is 17.1. The van der Waals surface area contributed by atoms with Gasteiger partial charge in [0.05, 0.1) is 6.04 Å². The summed E-state index contributed by atoms with van der Waals surface area (Å²) in [5.74, 6) is 2.54. The number of H-pyrrole nitrogens is 1. The van der Waals surface area contributed by atoms with Gasteiger partial charge < -0.3 is 14.7 Å². The summed E-state index contributed by atoms with van der Waals surface area (Å²) < 4.78 is 5.56. The van der Waals surface area contributed by atoms with Crippen LogP contribution in [0.25, 0.3) is 10.7 Å². The lowest BCUT2D eigenvalue weighted by Crippen LogP contribution is -2.42. The van der Waals surface area contributed by atoms with Gasteiger partial charge >= 0.3 is 0 Å². The van der Waals surface area contributed by atoms with E-state index >= 15 is 0 Å². The number of aromatic nitrogens is 6. The Bertz CT molecular complexity index is 1110. The fourth-order valence-electron chi connectivity index (χ4n) is 3.03. The van der Waals surface area contributed by atoms with Crippen molar-refractivity contribution < 1.29 is 4.52 Å². The van der Waals surface area contributed by atoms with Gasteiger partial charge in [-0.3, -0.25) is 5.10 Å². The van der Waals surface area contributed by atoms with Crippen LogP contribution in [0.1, 0.15) is 23.9 Å². The molecule has 9 nitrogen and oxygen atoms in total. The Morgan fingerprint density at radius 1 is 1.29 bits per heavy atom. The molecule has 1 aliphatic heterocycles. The van der Waals surface area contributed by atoms with Crippen molar-refractivity contribution >= 4 is 40.5 Å². The van der Waals surface area contributed by atoms with E-state index < -0.39 is 0 Å². The van der Waals surface area contributed by atoms with E-state index in [1.807, 2.05) is 29.3 Å². The number of anilines is 3. The smallest absolute Gasteiger partial charge is 0.229 e. The molecule has 1 unspecified atom stereocenters. The van der Waals surface area contributed by atoms with Crippen molar-refractivity contribution in [1.29, 1.82) is 0 Å². The van der Waals surface area contributed by atoms with Crippen LogP contribution in [0, 0.1) is 6.92 Å². The van der Waals surface area contributed by atoms with Crippen molar-refractivity contribution in [2.45, 2.75) is 19.4 Å². The molecule has 5 heterocycles. The van der Waals surface area contributed by atoms with E-state index in [2.05, 4.69) is 35.6 Å². The lowest BCUT2D eigenvalue weighted by molar-refractivity contribution is 0.315. The first-order valence-electron chi connectivity index (χ1n) is 8.62. The van der Waals surface area contributed by atoms with E-state index in [0.29, 0.717) is 22.7 Å². The third-order valence-electron chi connectivity index (χ3n) is 4.43. The molecule has 1 aliphatic rings. The Morgan fingerprint density at radius 2 is 2.21 bits per heavy atom. The molecule has 4 aromatic rings. The second kappa shape index (κ2) is 6.88. The van der Waals surface area contributed by atoms with E-state index in [1.165, 1.54) is 11.3 Å². The van der Waals surface area contributed by atoms with Crippen molar-refractivity contribution in [1.82, 2.24) is 30.3 Å². The summed E-state index contributed by atoms with van der Waals surface area (Å²) in [5, 5.41) is 17.4. The third-order valence-corrected chi connectivity index (χ3v) is 5.42. The molecule has 0 bridgehead atoms. The summed E-state index contributed by atoms with van der Waals surface area (Å²) >= 11 is 7.75. The van der Waals surface area contributed by atoms with Crippen molar-refractivity contribution in [3.05, 3.63) is 46.4 Å². The molecule has 1 saturated heterocycles. The Balaban J connectivity index is 1.38. The van der Waals surface area contributed by atoms with Gasteiger partial charge in [-0.1, -0.05) is 16.8 Å². The maximum Gasteiger partial charge on any atom is 0.229 e. The van der Waals surface area contributed by atoms with Gasteiger partial charge in [0, 0.05) is 42.0 Å². The number of nitrogens with one attached hydrogen (secondary N) is 2. The number of aromatic amines is 1. The lowest BCUT2D eigenvalue weighted by Gasteiger charge is -2.39.